The maximum Gasteiger partial charge on any atom is 0.335 e. The number of ether oxygens (including phenoxy) is 3. The van der Waals surface area contributed by atoms with Crippen molar-refractivity contribution >= 4 is 11.8 Å². The van der Waals surface area contributed by atoms with E-state index in [1.807, 2.05) is 0 Å². The minimum absolute atomic E-state index is 0.0463. The number of benzene rings is 2. The van der Waals surface area contributed by atoms with Crippen molar-refractivity contribution in [1.82, 2.24) is 0 Å². The van der Waals surface area contributed by atoms with Crippen LogP contribution in [0.2, 0.25) is 0 Å². The van der Waals surface area contributed by atoms with E-state index >= 15 is 0 Å². The molecular weight excluding hydrogens is 384 g/mol. The zero-order valence-corrected chi connectivity index (χ0v) is 15.3. The molecule has 1 heterocycles. The molecule has 0 saturated carbocycles. The zero-order chi connectivity index (χ0) is 21.1. The minimum Gasteiger partial charge on any atom is -0.497 e. The summed E-state index contributed by atoms with van der Waals surface area (Å²) in [7, 11) is 1.41. The highest BCUT2D eigenvalue weighted by atomic mass is 16.7. The van der Waals surface area contributed by atoms with Gasteiger partial charge in [-0.25, -0.2) is 4.79 Å². The van der Waals surface area contributed by atoms with Gasteiger partial charge in [0.15, 0.2) is 11.9 Å². The predicted molar refractivity (Wildman–Crippen MR) is 97.8 cm³/mol. The van der Waals surface area contributed by atoms with Crippen LogP contribution in [0.5, 0.6) is 11.5 Å². The molecule has 1 fully saturated rings. The number of hydrogen-bond donors (Lipinski definition) is 4. The maximum absolute atomic E-state index is 12.9. The second-order valence-corrected chi connectivity index (χ2v) is 6.41. The van der Waals surface area contributed by atoms with Crippen LogP contribution >= 0.6 is 0 Å². The SMILES string of the molecule is COc1ccc(C(=O)c2ccccc2)c(OC2OC(C(=O)O)C(O)C(O)C2O)c1. The van der Waals surface area contributed by atoms with E-state index in [-0.39, 0.29) is 17.1 Å². The normalized spacial score (nSPS) is 26.6. The van der Waals surface area contributed by atoms with E-state index in [0.717, 1.165) is 0 Å². The van der Waals surface area contributed by atoms with Gasteiger partial charge in [0.2, 0.25) is 6.29 Å². The summed E-state index contributed by atoms with van der Waals surface area (Å²) in [6.07, 6.45) is -8.90. The van der Waals surface area contributed by atoms with E-state index in [2.05, 4.69) is 0 Å². The van der Waals surface area contributed by atoms with Crippen molar-refractivity contribution in [3.8, 4) is 11.5 Å². The fraction of sp³-hybridized carbons (Fsp3) is 0.300. The smallest absolute Gasteiger partial charge is 0.335 e. The molecule has 0 aliphatic carbocycles. The average Bonchev–Trinajstić information content (AvgIpc) is 2.73. The average molecular weight is 404 g/mol. The molecule has 2 aromatic carbocycles. The van der Waals surface area contributed by atoms with Gasteiger partial charge >= 0.3 is 5.97 Å². The van der Waals surface area contributed by atoms with Crippen LogP contribution in [0.3, 0.4) is 0 Å². The van der Waals surface area contributed by atoms with Crippen molar-refractivity contribution in [2.75, 3.05) is 7.11 Å². The number of carboxylic acids is 1. The number of carbonyl (C=O) groups is 2. The molecule has 0 aromatic heterocycles. The van der Waals surface area contributed by atoms with Crippen molar-refractivity contribution < 1.29 is 44.2 Å². The molecule has 29 heavy (non-hydrogen) atoms. The highest BCUT2D eigenvalue weighted by Gasteiger charge is 2.48. The Morgan fingerprint density at radius 3 is 2.28 bits per heavy atom. The molecular formula is C20H20O9. The molecule has 5 atom stereocenters. The van der Waals surface area contributed by atoms with Crippen LogP contribution in [0.15, 0.2) is 48.5 Å². The number of ketones is 1. The molecule has 9 nitrogen and oxygen atoms in total. The molecule has 1 saturated heterocycles. The first kappa shape index (κ1) is 20.7. The molecule has 1 aliphatic heterocycles. The molecule has 4 N–H and O–H groups in total. The maximum atomic E-state index is 12.9. The molecule has 0 amide bonds. The highest BCUT2D eigenvalue weighted by molar-refractivity contribution is 6.10. The molecule has 0 spiro atoms. The first-order valence-corrected chi connectivity index (χ1v) is 8.70. The van der Waals surface area contributed by atoms with Crippen LogP contribution < -0.4 is 9.47 Å². The monoisotopic (exact) mass is 404 g/mol. The first-order valence-electron chi connectivity index (χ1n) is 8.70. The van der Waals surface area contributed by atoms with Crippen molar-refractivity contribution in [3.63, 3.8) is 0 Å². The summed E-state index contributed by atoms with van der Waals surface area (Å²) >= 11 is 0. The number of carboxylic acid groups (broad SMARTS) is 1. The Morgan fingerprint density at radius 1 is 0.966 bits per heavy atom. The van der Waals surface area contributed by atoms with Gasteiger partial charge in [-0.05, 0) is 12.1 Å². The number of aliphatic carboxylic acids is 1. The van der Waals surface area contributed by atoms with Crippen molar-refractivity contribution in [2.45, 2.75) is 30.7 Å². The fourth-order valence-electron chi connectivity index (χ4n) is 2.93. The molecule has 9 heteroatoms. The van der Waals surface area contributed by atoms with Gasteiger partial charge in [-0.15, -0.1) is 0 Å². The van der Waals surface area contributed by atoms with Gasteiger partial charge in [-0.2, -0.15) is 0 Å². The number of aliphatic hydroxyl groups is 3. The molecule has 2 aromatic rings. The molecule has 1 aliphatic rings. The number of methoxy groups -OCH3 is 1. The van der Waals surface area contributed by atoms with Gasteiger partial charge in [0.25, 0.3) is 0 Å². The summed E-state index contributed by atoms with van der Waals surface area (Å²) in [5.74, 6) is -1.63. The lowest BCUT2D eigenvalue weighted by Crippen LogP contribution is -2.61. The van der Waals surface area contributed by atoms with Gasteiger partial charge in [0.05, 0.1) is 12.7 Å². The number of hydrogen-bond acceptors (Lipinski definition) is 8. The van der Waals surface area contributed by atoms with Crippen LogP contribution in [0.1, 0.15) is 15.9 Å². The third-order valence-electron chi connectivity index (χ3n) is 4.53. The third kappa shape index (κ3) is 4.22. The Bertz CT molecular complexity index is 883. The van der Waals surface area contributed by atoms with E-state index < -0.39 is 36.7 Å². The summed E-state index contributed by atoms with van der Waals surface area (Å²) in [5.41, 5.74) is 0.492. The van der Waals surface area contributed by atoms with Crippen LogP contribution in [-0.2, 0) is 9.53 Å². The summed E-state index contributed by atoms with van der Waals surface area (Å²) in [5, 5.41) is 39.1. The largest absolute Gasteiger partial charge is 0.497 e. The predicted octanol–water partition coefficient (Wildman–Crippen LogP) is 0.197. The van der Waals surface area contributed by atoms with Crippen molar-refractivity contribution in [2.24, 2.45) is 0 Å². The molecule has 0 bridgehead atoms. The summed E-state index contributed by atoms with van der Waals surface area (Å²) in [4.78, 5) is 24.1. The molecule has 5 unspecified atom stereocenters. The zero-order valence-electron chi connectivity index (χ0n) is 15.3. The van der Waals surface area contributed by atoms with Gasteiger partial charge in [0.1, 0.15) is 29.8 Å². The van der Waals surface area contributed by atoms with Crippen LogP contribution in [0.25, 0.3) is 0 Å². The Hall–Kier alpha value is -2.98. The topological polar surface area (TPSA) is 143 Å². The van der Waals surface area contributed by atoms with Crippen LogP contribution in [0, 0.1) is 0 Å². The summed E-state index contributed by atoms with van der Waals surface area (Å²) in [6.45, 7) is 0. The lowest BCUT2D eigenvalue weighted by Gasteiger charge is -2.38. The second-order valence-electron chi connectivity index (χ2n) is 6.41. The van der Waals surface area contributed by atoms with E-state index in [9.17, 15) is 24.9 Å². The number of rotatable bonds is 6. The Labute approximate surface area is 165 Å². The lowest BCUT2D eigenvalue weighted by molar-refractivity contribution is -0.271. The third-order valence-corrected chi connectivity index (χ3v) is 4.53. The van der Waals surface area contributed by atoms with Gasteiger partial charge in [0, 0.05) is 11.6 Å². The quantitative estimate of drug-likeness (QED) is 0.496. The van der Waals surface area contributed by atoms with E-state index in [1.54, 1.807) is 36.4 Å². The van der Waals surface area contributed by atoms with Gasteiger partial charge in [-0.1, -0.05) is 30.3 Å². The van der Waals surface area contributed by atoms with Crippen LogP contribution in [0.4, 0.5) is 0 Å². The number of carbonyl (C=O) groups excluding carboxylic acids is 1. The lowest BCUT2D eigenvalue weighted by atomic mass is 9.98. The Kier molecular flexibility index (Phi) is 6.14. The fourth-order valence-corrected chi connectivity index (χ4v) is 2.93. The highest BCUT2D eigenvalue weighted by Crippen LogP contribution is 2.31. The van der Waals surface area contributed by atoms with Crippen molar-refractivity contribution in [1.29, 1.82) is 0 Å². The van der Waals surface area contributed by atoms with Gasteiger partial charge < -0.3 is 34.6 Å². The van der Waals surface area contributed by atoms with Crippen molar-refractivity contribution in [3.05, 3.63) is 59.7 Å². The number of aliphatic hydroxyl groups excluding tert-OH is 3. The Morgan fingerprint density at radius 2 is 1.66 bits per heavy atom. The van der Waals surface area contributed by atoms with Gasteiger partial charge in [-0.3, -0.25) is 4.79 Å². The van der Waals surface area contributed by atoms with E-state index in [0.29, 0.717) is 11.3 Å². The molecule has 154 valence electrons. The Balaban J connectivity index is 1.95. The van der Waals surface area contributed by atoms with E-state index in [4.69, 9.17) is 19.3 Å². The summed E-state index contributed by atoms with van der Waals surface area (Å²) in [6, 6.07) is 12.7. The van der Waals surface area contributed by atoms with E-state index in [1.165, 1.54) is 19.2 Å². The van der Waals surface area contributed by atoms with Crippen LogP contribution in [-0.4, -0.2) is 70.0 Å². The molecule has 0 radical (unpaired) electrons. The molecule has 3 rings (SSSR count). The first-order chi connectivity index (χ1) is 13.8. The summed E-state index contributed by atoms with van der Waals surface area (Å²) < 4.78 is 15.8. The second kappa shape index (κ2) is 8.58. The standard InChI is InChI=1S/C20H20O9/c1-27-11-7-8-12(14(21)10-5-3-2-4-6-10)13(9-11)28-20-17(24)15(22)16(23)18(29-20)19(25)26/h2-9,15-18,20,22-24H,1H3,(H,25,26). The minimum atomic E-state index is -1.85.